The highest BCUT2D eigenvalue weighted by atomic mass is 19.1. The van der Waals surface area contributed by atoms with Crippen LogP contribution >= 0.6 is 0 Å². The first-order chi connectivity index (χ1) is 8.69. The Hall–Kier alpha value is -2.01. The Balaban J connectivity index is 2.10. The summed E-state index contributed by atoms with van der Waals surface area (Å²) in [6, 6.07) is 8.01. The summed E-state index contributed by atoms with van der Waals surface area (Å²) < 4.78 is 12.7. The lowest BCUT2D eigenvalue weighted by Crippen LogP contribution is -2.19. The Morgan fingerprint density at radius 1 is 1.22 bits per heavy atom. The predicted octanol–water partition coefficient (Wildman–Crippen LogP) is 1.71. The maximum absolute atomic E-state index is 12.7. The molecule has 18 heavy (non-hydrogen) atoms. The average Bonchev–Trinajstić information content (AvgIpc) is 2.39. The average molecular weight is 246 g/mol. The van der Waals surface area contributed by atoms with Crippen LogP contribution in [0.2, 0.25) is 0 Å². The molecule has 1 aromatic heterocycles. The molecule has 0 aliphatic heterocycles. The van der Waals surface area contributed by atoms with Crippen molar-refractivity contribution in [1.82, 2.24) is 9.97 Å². The van der Waals surface area contributed by atoms with Crippen molar-refractivity contribution >= 4 is 5.95 Å². The third kappa shape index (κ3) is 3.01. The van der Waals surface area contributed by atoms with E-state index in [4.69, 9.17) is 5.73 Å². The Labute approximate surface area is 105 Å². The third-order valence-electron chi connectivity index (χ3n) is 2.59. The van der Waals surface area contributed by atoms with E-state index in [9.17, 15) is 4.39 Å². The maximum Gasteiger partial charge on any atom is 0.225 e. The largest absolute Gasteiger partial charge is 0.340 e. The minimum absolute atomic E-state index is 0.433. The Morgan fingerprint density at radius 3 is 2.56 bits per heavy atom. The summed E-state index contributed by atoms with van der Waals surface area (Å²) in [7, 11) is 1.86. The molecule has 0 saturated heterocycles. The van der Waals surface area contributed by atoms with Gasteiger partial charge in [0.1, 0.15) is 0 Å². The molecular weight excluding hydrogens is 231 g/mol. The van der Waals surface area contributed by atoms with Crippen molar-refractivity contribution in [2.75, 3.05) is 11.9 Å². The molecule has 0 aliphatic carbocycles. The van der Waals surface area contributed by atoms with E-state index in [1.54, 1.807) is 0 Å². The summed E-state index contributed by atoms with van der Waals surface area (Å²) in [4.78, 5) is 9.72. The summed E-state index contributed by atoms with van der Waals surface area (Å²) in [5.41, 5.74) is 7.80. The zero-order valence-corrected chi connectivity index (χ0v) is 10.2. The minimum Gasteiger partial charge on any atom is -0.340 e. The highest BCUT2D eigenvalue weighted by Crippen LogP contribution is 2.11. The SMILES string of the molecule is CN(Cc1cccc(CN)c1)c1ncc(F)cn1. The zero-order chi connectivity index (χ0) is 13.0. The van der Waals surface area contributed by atoms with Crippen LogP contribution in [0.3, 0.4) is 0 Å². The van der Waals surface area contributed by atoms with Crippen LogP contribution in [0.15, 0.2) is 36.7 Å². The summed E-state index contributed by atoms with van der Waals surface area (Å²) in [5.74, 6) is 0.0619. The number of nitrogens with two attached hydrogens (primary N) is 1. The van der Waals surface area contributed by atoms with E-state index in [1.165, 1.54) is 0 Å². The van der Waals surface area contributed by atoms with Gasteiger partial charge >= 0.3 is 0 Å². The van der Waals surface area contributed by atoms with Crippen LogP contribution < -0.4 is 10.6 Å². The molecule has 5 heteroatoms. The first kappa shape index (κ1) is 12.4. The molecule has 2 N–H and O–H groups in total. The number of hydrogen-bond donors (Lipinski definition) is 1. The van der Waals surface area contributed by atoms with E-state index < -0.39 is 5.82 Å². The molecule has 1 heterocycles. The number of anilines is 1. The zero-order valence-electron chi connectivity index (χ0n) is 10.2. The van der Waals surface area contributed by atoms with Crippen LogP contribution in [-0.4, -0.2) is 17.0 Å². The Bertz CT molecular complexity index is 513. The first-order valence-corrected chi connectivity index (χ1v) is 5.65. The smallest absolute Gasteiger partial charge is 0.225 e. The molecule has 0 radical (unpaired) electrons. The van der Waals surface area contributed by atoms with Crippen molar-refractivity contribution < 1.29 is 4.39 Å². The van der Waals surface area contributed by atoms with Gasteiger partial charge in [-0.3, -0.25) is 0 Å². The normalized spacial score (nSPS) is 10.4. The van der Waals surface area contributed by atoms with Crippen LogP contribution in [-0.2, 0) is 13.1 Å². The van der Waals surface area contributed by atoms with Gasteiger partial charge in [0, 0.05) is 20.1 Å². The van der Waals surface area contributed by atoms with Gasteiger partial charge in [-0.1, -0.05) is 24.3 Å². The highest BCUT2D eigenvalue weighted by Gasteiger charge is 2.05. The molecule has 4 nitrogen and oxygen atoms in total. The lowest BCUT2D eigenvalue weighted by Gasteiger charge is -2.17. The topological polar surface area (TPSA) is 55.0 Å². The van der Waals surface area contributed by atoms with Gasteiger partial charge in [-0.25, -0.2) is 14.4 Å². The molecule has 0 unspecified atom stereocenters. The van der Waals surface area contributed by atoms with Gasteiger partial charge in [0.2, 0.25) is 5.95 Å². The van der Waals surface area contributed by atoms with E-state index >= 15 is 0 Å². The van der Waals surface area contributed by atoms with Crippen molar-refractivity contribution in [1.29, 1.82) is 0 Å². The molecule has 0 aliphatic rings. The van der Waals surface area contributed by atoms with Gasteiger partial charge in [-0.15, -0.1) is 0 Å². The summed E-state index contributed by atoms with van der Waals surface area (Å²) in [6.07, 6.45) is 2.32. The van der Waals surface area contributed by atoms with E-state index in [-0.39, 0.29) is 0 Å². The molecular formula is C13H15FN4. The van der Waals surface area contributed by atoms with Gasteiger partial charge in [-0.05, 0) is 11.1 Å². The molecule has 0 spiro atoms. The number of rotatable bonds is 4. The number of benzene rings is 1. The summed E-state index contributed by atoms with van der Waals surface area (Å²) in [6.45, 7) is 1.17. The van der Waals surface area contributed by atoms with Crippen molar-refractivity contribution in [3.8, 4) is 0 Å². The minimum atomic E-state index is -0.433. The lowest BCUT2D eigenvalue weighted by molar-refractivity contribution is 0.612. The van der Waals surface area contributed by atoms with Gasteiger partial charge < -0.3 is 10.6 Å². The van der Waals surface area contributed by atoms with Crippen molar-refractivity contribution in [2.45, 2.75) is 13.1 Å². The molecule has 94 valence electrons. The molecule has 0 saturated carbocycles. The van der Waals surface area contributed by atoms with Crippen LogP contribution in [0, 0.1) is 5.82 Å². The molecule has 1 aromatic carbocycles. The van der Waals surface area contributed by atoms with Gasteiger partial charge in [-0.2, -0.15) is 0 Å². The molecule has 0 atom stereocenters. The fraction of sp³-hybridized carbons (Fsp3) is 0.231. The number of aromatic nitrogens is 2. The molecule has 0 fully saturated rings. The fourth-order valence-electron chi connectivity index (χ4n) is 1.70. The van der Waals surface area contributed by atoms with Gasteiger partial charge in [0.25, 0.3) is 0 Å². The van der Waals surface area contributed by atoms with Gasteiger partial charge in [0.15, 0.2) is 5.82 Å². The van der Waals surface area contributed by atoms with Crippen molar-refractivity contribution in [3.63, 3.8) is 0 Å². The standard InChI is InChI=1S/C13H15FN4/c1-18(13-16-7-12(14)8-17-13)9-11-4-2-3-10(5-11)6-15/h2-5,7-8H,6,9,15H2,1H3. The van der Waals surface area contributed by atoms with E-state index in [0.717, 1.165) is 23.5 Å². The monoisotopic (exact) mass is 246 g/mol. The lowest BCUT2D eigenvalue weighted by atomic mass is 10.1. The van der Waals surface area contributed by atoms with E-state index in [2.05, 4.69) is 9.97 Å². The highest BCUT2D eigenvalue weighted by molar-refractivity contribution is 5.31. The second-order valence-corrected chi connectivity index (χ2v) is 4.08. The third-order valence-corrected chi connectivity index (χ3v) is 2.59. The summed E-state index contributed by atoms with van der Waals surface area (Å²) >= 11 is 0. The first-order valence-electron chi connectivity index (χ1n) is 5.65. The predicted molar refractivity (Wildman–Crippen MR) is 68.4 cm³/mol. The number of nitrogens with zero attached hydrogens (tertiary/aromatic N) is 3. The second kappa shape index (κ2) is 5.55. The van der Waals surface area contributed by atoms with Crippen LogP contribution in [0.4, 0.5) is 10.3 Å². The Morgan fingerprint density at radius 2 is 1.89 bits per heavy atom. The molecule has 0 bridgehead atoms. The van der Waals surface area contributed by atoms with E-state index in [1.807, 2.05) is 36.2 Å². The maximum atomic E-state index is 12.7. The molecule has 0 amide bonds. The molecule has 2 rings (SSSR count). The van der Waals surface area contributed by atoms with Gasteiger partial charge in [0.05, 0.1) is 12.4 Å². The quantitative estimate of drug-likeness (QED) is 0.892. The second-order valence-electron chi connectivity index (χ2n) is 4.08. The van der Waals surface area contributed by atoms with Crippen molar-refractivity contribution in [2.24, 2.45) is 5.73 Å². The van der Waals surface area contributed by atoms with Crippen LogP contribution in [0.5, 0.6) is 0 Å². The van der Waals surface area contributed by atoms with E-state index in [0.29, 0.717) is 19.0 Å². The summed E-state index contributed by atoms with van der Waals surface area (Å²) in [5, 5.41) is 0. The van der Waals surface area contributed by atoms with Crippen molar-refractivity contribution in [3.05, 3.63) is 53.6 Å². The van der Waals surface area contributed by atoms with Crippen LogP contribution in [0.1, 0.15) is 11.1 Å². The fourth-order valence-corrected chi connectivity index (χ4v) is 1.70. The Kier molecular flexibility index (Phi) is 3.84. The number of halogens is 1. The number of hydrogen-bond acceptors (Lipinski definition) is 4. The van der Waals surface area contributed by atoms with Crippen LogP contribution in [0.25, 0.3) is 0 Å². The molecule has 2 aromatic rings.